The minimum atomic E-state index is -0.336. The van der Waals surface area contributed by atoms with Gasteiger partial charge in [-0.15, -0.1) is 6.42 Å². The number of terminal acetylenes is 1. The van der Waals surface area contributed by atoms with Crippen molar-refractivity contribution in [3.8, 4) is 18.2 Å². The van der Waals surface area contributed by atoms with Gasteiger partial charge < -0.3 is 9.64 Å². The highest BCUT2D eigenvalue weighted by Gasteiger charge is 2.27. The Morgan fingerprint density at radius 1 is 1.47 bits per heavy atom. The lowest BCUT2D eigenvalue weighted by Gasteiger charge is -2.15. The molecule has 0 bridgehead atoms. The first-order valence-electron chi connectivity index (χ1n) is 4.62. The fourth-order valence-corrected chi connectivity index (χ4v) is 2.11. The highest BCUT2D eigenvalue weighted by Crippen LogP contribution is 2.38. The SMILES string of the molecule is C#CC(C)(C)c1sc(N(C)C)nc1OC. The number of thiazole rings is 1. The molecule has 0 fully saturated rings. The summed E-state index contributed by atoms with van der Waals surface area (Å²) < 4.78 is 5.24. The summed E-state index contributed by atoms with van der Waals surface area (Å²) in [5.74, 6) is 3.39. The van der Waals surface area contributed by atoms with Crippen LogP contribution in [-0.4, -0.2) is 26.2 Å². The van der Waals surface area contributed by atoms with E-state index < -0.39 is 0 Å². The molecule has 0 saturated heterocycles. The van der Waals surface area contributed by atoms with Gasteiger partial charge in [-0.3, -0.25) is 0 Å². The predicted octanol–water partition coefficient (Wildman–Crippen LogP) is 2.13. The van der Waals surface area contributed by atoms with Gasteiger partial charge in [0.05, 0.1) is 17.4 Å². The first-order valence-corrected chi connectivity index (χ1v) is 5.44. The summed E-state index contributed by atoms with van der Waals surface area (Å²) >= 11 is 1.57. The molecule has 1 aromatic heterocycles. The van der Waals surface area contributed by atoms with E-state index in [4.69, 9.17) is 11.2 Å². The fourth-order valence-electron chi connectivity index (χ4n) is 1.09. The molecule has 0 radical (unpaired) electrons. The molecule has 0 amide bonds. The predicted molar refractivity (Wildman–Crippen MR) is 64.9 cm³/mol. The third kappa shape index (κ3) is 2.24. The monoisotopic (exact) mass is 224 g/mol. The molecule has 82 valence electrons. The molecule has 0 aliphatic carbocycles. The highest BCUT2D eigenvalue weighted by atomic mass is 32.1. The Labute approximate surface area is 95.1 Å². The molecule has 0 saturated carbocycles. The number of hydrogen-bond donors (Lipinski definition) is 0. The summed E-state index contributed by atoms with van der Waals surface area (Å²) in [6.45, 7) is 3.98. The van der Waals surface area contributed by atoms with Gasteiger partial charge in [0.15, 0.2) is 5.13 Å². The second kappa shape index (κ2) is 4.11. The van der Waals surface area contributed by atoms with Crippen molar-refractivity contribution in [2.75, 3.05) is 26.1 Å². The molecule has 1 aromatic rings. The Hall–Kier alpha value is -1.21. The summed E-state index contributed by atoms with van der Waals surface area (Å²) in [6.07, 6.45) is 5.51. The van der Waals surface area contributed by atoms with Crippen LogP contribution in [0.25, 0.3) is 0 Å². The quantitative estimate of drug-likeness (QED) is 0.735. The lowest BCUT2D eigenvalue weighted by molar-refractivity contribution is 0.391. The maximum absolute atomic E-state index is 5.51. The van der Waals surface area contributed by atoms with Crippen LogP contribution in [-0.2, 0) is 5.41 Å². The van der Waals surface area contributed by atoms with E-state index in [2.05, 4.69) is 10.9 Å². The first kappa shape index (κ1) is 11.9. The van der Waals surface area contributed by atoms with Crippen LogP contribution in [0, 0.1) is 12.3 Å². The number of aromatic nitrogens is 1. The zero-order valence-corrected chi connectivity index (χ0v) is 10.6. The lowest BCUT2D eigenvalue weighted by atomic mass is 9.93. The van der Waals surface area contributed by atoms with E-state index in [1.165, 1.54) is 0 Å². The van der Waals surface area contributed by atoms with Crippen molar-refractivity contribution in [2.45, 2.75) is 19.3 Å². The largest absolute Gasteiger partial charge is 0.480 e. The van der Waals surface area contributed by atoms with Crippen LogP contribution in [0.5, 0.6) is 5.88 Å². The summed E-state index contributed by atoms with van der Waals surface area (Å²) in [5, 5.41) is 0.908. The molecule has 3 nitrogen and oxygen atoms in total. The van der Waals surface area contributed by atoms with Crippen LogP contribution >= 0.6 is 11.3 Å². The van der Waals surface area contributed by atoms with E-state index in [0.717, 1.165) is 10.0 Å². The number of rotatable bonds is 3. The van der Waals surface area contributed by atoms with Gasteiger partial charge in [-0.05, 0) is 13.8 Å². The van der Waals surface area contributed by atoms with Crippen molar-refractivity contribution in [3.63, 3.8) is 0 Å². The van der Waals surface area contributed by atoms with Crippen LogP contribution in [0.3, 0.4) is 0 Å². The fraction of sp³-hybridized carbons (Fsp3) is 0.545. The van der Waals surface area contributed by atoms with E-state index in [1.54, 1.807) is 18.4 Å². The molecule has 0 spiro atoms. The molecule has 1 rings (SSSR count). The summed E-state index contributed by atoms with van der Waals surface area (Å²) in [6, 6.07) is 0. The standard InChI is InChI=1S/C11H16N2OS/c1-7-11(2,3)8-9(14-6)12-10(15-8)13(4)5/h1H,2-6H3. The van der Waals surface area contributed by atoms with Crippen molar-refractivity contribution in [3.05, 3.63) is 4.88 Å². The van der Waals surface area contributed by atoms with E-state index >= 15 is 0 Å². The van der Waals surface area contributed by atoms with E-state index in [-0.39, 0.29) is 5.41 Å². The summed E-state index contributed by atoms with van der Waals surface area (Å²) in [5.41, 5.74) is -0.336. The van der Waals surface area contributed by atoms with Crippen molar-refractivity contribution < 1.29 is 4.74 Å². The van der Waals surface area contributed by atoms with Crippen LogP contribution in [0.15, 0.2) is 0 Å². The number of ether oxygens (including phenoxy) is 1. The number of nitrogens with zero attached hydrogens (tertiary/aromatic N) is 2. The van der Waals surface area contributed by atoms with Crippen LogP contribution in [0.4, 0.5) is 5.13 Å². The Kier molecular flexibility index (Phi) is 3.25. The molecule has 0 atom stereocenters. The molecule has 0 aliphatic rings. The lowest BCUT2D eigenvalue weighted by Crippen LogP contribution is -2.12. The Bertz CT molecular complexity index is 388. The van der Waals surface area contributed by atoms with E-state index in [1.807, 2.05) is 32.8 Å². The molecule has 0 aromatic carbocycles. The van der Waals surface area contributed by atoms with Gasteiger partial charge in [-0.2, -0.15) is 4.98 Å². The van der Waals surface area contributed by atoms with E-state index in [0.29, 0.717) is 5.88 Å². The third-order valence-electron chi connectivity index (χ3n) is 2.09. The normalized spacial score (nSPS) is 10.9. The van der Waals surface area contributed by atoms with Crippen molar-refractivity contribution in [1.29, 1.82) is 0 Å². The first-order chi connectivity index (χ1) is 6.92. The van der Waals surface area contributed by atoms with Crippen LogP contribution in [0.2, 0.25) is 0 Å². The Balaban J connectivity index is 3.24. The molecular weight excluding hydrogens is 208 g/mol. The zero-order valence-electron chi connectivity index (χ0n) is 9.79. The number of methoxy groups -OCH3 is 1. The smallest absolute Gasteiger partial charge is 0.230 e. The van der Waals surface area contributed by atoms with Gasteiger partial charge in [0.25, 0.3) is 0 Å². The average Bonchev–Trinajstić information content (AvgIpc) is 2.62. The average molecular weight is 224 g/mol. The summed E-state index contributed by atoms with van der Waals surface area (Å²) in [7, 11) is 5.51. The Morgan fingerprint density at radius 2 is 2.07 bits per heavy atom. The number of anilines is 1. The molecule has 15 heavy (non-hydrogen) atoms. The van der Waals surface area contributed by atoms with Crippen LogP contribution in [0.1, 0.15) is 18.7 Å². The summed E-state index contributed by atoms with van der Waals surface area (Å²) in [4.78, 5) is 7.31. The van der Waals surface area contributed by atoms with Crippen LogP contribution < -0.4 is 9.64 Å². The Morgan fingerprint density at radius 3 is 2.47 bits per heavy atom. The second-order valence-electron chi connectivity index (χ2n) is 4.00. The number of hydrogen-bond acceptors (Lipinski definition) is 4. The van der Waals surface area contributed by atoms with Gasteiger partial charge >= 0.3 is 0 Å². The van der Waals surface area contributed by atoms with Gasteiger partial charge in [0.2, 0.25) is 5.88 Å². The molecule has 0 unspecified atom stereocenters. The maximum Gasteiger partial charge on any atom is 0.230 e. The third-order valence-corrected chi connectivity index (χ3v) is 3.62. The minimum absolute atomic E-state index is 0.336. The van der Waals surface area contributed by atoms with Gasteiger partial charge in [-0.1, -0.05) is 17.3 Å². The molecule has 0 aliphatic heterocycles. The topological polar surface area (TPSA) is 25.4 Å². The van der Waals surface area contributed by atoms with E-state index in [9.17, 15) is 0 Å². The van der Waals surface area contributed by atoms with Gasteiger partial charge in [0.1, 0.15) is 0 Å². The minimum Gasteiger partial charge on any atom is -0.480 e. The zero-order chi connectivity index (χ0) is 11.6. The molecule has 1 heterocycles. The second-order valence-corrected chi connectivity index (χ2v) is 4.98. The highest BCUT2D eigenvalue weighted by molar-refractivity contribution is 7.16. The molecular formula is C11H16N2OS. The van der Waals surface area contributed by atoms with Crippen molar-refractivity contribution >= 4 is 16.5 Å². The maximum atomic E-state index is 5.51. The molecule has 4 heteroatoms. The van der Waals surface area contributed by atoms with Gasteiger partial charge in [-0.25, -0.2) is 0 Å². The van der Waals surface area contributed by atoms with Crippen molar-refractivity contribution in [2.24, 2.45) is 0 Å². The van der Waals surface area contributed by atoms with Gasteiger partial charge in [0, 0.05) is 14.1 Å². The van der Waals surface area contributed by atoms with Crippen molar-refractivity contribution in [1.82, 2.24) is 4.98 Å². The molecule has 0 N–H and O–H groups in total.